The maximum atomic E-state index is 9.92. The van der Waals surface area contributed by atoms with Gasteiger partial charge < -0.3 is 16.2 Å². The van der Waals surface area contributed by atoms with Crippen LogP contribution in [-0.4, -0.2) is 47.0 Å². The zero-order chi connectivity index (χ0) is 23.1. The number of aliphatic hydroxyl groups excluding tert-OH is 1. The molecular formula is C24H28N8O. The number of nitrogen functional groups attached to an aromatic ring is 1. The number of hydrogen-bond acceptors (Lipinski definition) is 8. The summed E-state index contributed by atoms with van der Waals surface area (Å²) in [6.45, 7) is 5.98. The molecule has 9 nitrogen and oxygen atoms in total. The molecule has 1 aliphatic carbocycles. The van der Waals surface area contributed by atoms with Crippen molar-refractivity contribution in [2.24, 2.45) is 0 Å². The first-order valence-corrected chi connectivity index (χ1v) is 11.3. The van der Waals surface area contributed by atoms with Gasteiger partial charge in [-0.2, -0.15) is 5.10 Å². The second-order valence-corrected chi connectivity index (χ2v) is 8.72. The van der Waals surface area contributed by atoms with Gasteiger partial charge in [0, 0.05) is 41.0 Å². The highest BCUT2D eigenvalue weighted by Crippen LogP contribution is 2.32. The topological polar surface area (TPSA) is 128 Å². The van der Waals surface area contributed by atoms with Gasteiger partial charge in [0.2, 0.25) is 0 Å². The first-order chi connectivity index (χ1) is 15.9. The molecule has 0 spiro atoms. The summed E-state index contributed by atoms with van der Waals surface area (Å²) < 4.78 is 1.83. The van der Waals surface area contributed by atoms with Gasteiger partial charge in [-0.05, 0) is 51.7 Å². The van der Waals surface area contributed by atoms with E-state index in [1.165, 1.54) is 0 Å². The van der Waals surface area contributed by atoms with Gasteiger partial charge in [-0.3, -0.25) is 4.98 Å². The molecule has 0 unspecified atom stereocenters. The molecule has 1 fully saturated rings. The van der Waals surface area contributed by atoms with E-state index in [1.807, 2.05) is 43.8 Å². The molecule has 33 heavy (non-hydrogen) atoms. The van der Waals surface area contributed by atoms with E-state index in [0.29, 0.717) is 29.7 Å². The second kappa shape index (κ2) is 8.40. The molecule has 170 valence electrons. The van der Waals surface area contributed by atoms with E-state index in [2.05, 4.69) is 20.4 Å². The van der Waals surface area contributed by atoms with Gasteiger partial charge >= 0.3 is 0 Å². The van der Waals surface area contributed by atoms with Crippen molar-refractivity contribution in [3.05, 3.63) is 47.8 Å². The van der Waals surface area contributed by atoms with Crippen molar-refractivity contribution in [1.82, 2.24) is 29.7 Å². The molecule has 0 radical (unpaired) electrons. The molecule has 0 bridgehead atoms. The van der Waals surface area contributed by atoms with Crippen molar-refractivity contribution >= 4 is 22.7 Å². The minimum absolute atomic E-state index is 0.181. The number of aliphatic hydroxyl groups is 1. The number of aryl methyl sites for hydroxylation is 3. The molecule has 0 aromatic carbocycles. The Hall–Kier alpha value is -3.59. The number of rotatable bonds is 5. The lowest BCUT2D eigenvalue weighted by Crippen LogP contribution is -2.19. The number of nitrogens with one attached hydrogen (secondary N) is 1. The van der Waals surface area contributed by atoms with Crippen LogP contribution in [0.25, 0.3) is 27.8 Å². The molecule has 2 atom stereocenters. The van der Waals surface area contributed by atoms with Crippen LogP contribution in [0.5, 0.6) is 0 Å². The summed E-state index contributed by atoms with van der Waals surface area (Å²) in [5, 5.41) is 18.0. The lowest BCUT2D eigenvalue weighted by Gasteiger charge is -2.17. The second-order valence-electron chi connectivity index (χ2n) is 8.72. The van der Waals surface area contributed by atoms with Crippen molar-refractivity contribution in [3.8, 4) is 16.8 Å². The molecular weight excluding hydrogens is 416 g/mol. The lowest BCUT2D eigenvalue weighted by atomic mass is 10.1. The number of aromatic nitrogens is 6. The molecule has 4 aromatic rings. The first kappa shape index (κ1) is 21.3. The summed E-state index contributed by atoms with van der Waals surface area (Å²) in [4.78, 5) is 18.6. The van der Waals surface area contributed by atoms with Gasteiger partial charge in [0.05, 0.1) is 23.7 Å². The summed E-state index contributed by atoms with van der Waals surface area (Å²) in [6.07, 6.45) is 8.36. The third-order valence-corrected chi connectivity index (χ3v) is 6.10. The lowest BCUT2D eigenvalue weighted by molar-refractivity contribution is 0.182. The fourth-order valence-corrected chi connectivity index (χ4v) is 4.50. The Morgan fingerprint density at radius 1 is 1.09 bits per heavy atom. The highest BCUT2D eigenvalue weighted by atomic mass is 16.3. The van der Waals surface area contributed by atoms with Crippen LogP contribution >= 0.6 is 0 Å². The Labute approximate surface area is 192 Å². The van der Waals surface area contributed by atoms with Gasteiger partial charge in [-0.15, -0.1) is 0 Å². The number of pyridine rings is 2. The van der Waals surface area contributed by atoms with E-state index in [1.54, 1.807) is 12.4 Å². The van der Waals surface area contributed by atoms with E-state index in [4.69, 9.17) is 15.7 Å². The van der Waals surface area contributed by atoms with Crippen LogP contribution < -0.4 is 11.1 Å². The molecule has 9 heteroatoms. The summed E-state index contributed by atoms with van der Waals surface area (Å²) in [6, 6.07) is 4.17. The first-order valence-electron chi connectivity index (χ1n) is 11.3. The standard InChI is InChI=1S/C24H28N8O/c1-4-20-24(29-16-5-6-18(33)9-16)31-21-19(11-26-23(25)22(21)30-20)15-10-27-32(12-15)17-7-13(2)28-14(3)8-17/h7-8,10-12,16,18,33H,4-6,9H2,1-3H3,(H2,25,26)(H,29,31)/t16-,18+/m1/s1. The van der Waals surface area contributed by atoms with E-state index in [0.717, 1.165) is 52.6 Å². The van der Waals surface area contributed by atoms with Gasteiger partial charge in [0.15, 0.2) is 5.82 Å². The zero-order valence-corrected chi connectivity index (χ0v) is 19.1. The maximum absolute atomic E-state index is 9.92. The van der Waals surface area contributed by atoms with Crippen LogP contribution in [0.4, 0.5) is 11.6 Å². The largest absolute Gasteiger partial charge is 0.393 e. The Morgan fingerprint density at radius 3 is 2.58 bits per heavy atom. The molecule has 1 saturated carbocycles. The summed E-state index contributed by atoms with van der Waals surface area (Å²) in [5.41, 5.74) is 12.8. The molecule has 0 saturated heterocycles. The van der Waals surface area contributed by atoms with E-state index in [-0.39, 0.29) is 12.1 Å². The predicted octanol–water partition coefficient (Wildman–Crippen LogP) is 3.36. The Bertz CT molecular complexity index is 1310. The van der Waals surface area contributed by atoms with Crippen LogP contribution in [0.2, 0.25) is 0 Å². The molecule has 0 amide bonds. The third kappa shape index (κ3) is 4.11. The maximum Gasteiger partial charge on any atom is 0.151 e. The number of hydrogen-bond donors (Lipinski definition) is 3. The van der Waals surface area contributed by atoms with Gasteiger partial charge in [0.1, 0.15) is 16.9 Å². The van der Waals surface area contributed by atoms with Gasteiger partial charge in [0.25, 0.3) is 0 Å². The van der Waals surface area contributed by atoms with Gasteiger partial charge in [-0.1, -0.05) is 6.92 Å². The normalized spacial score (nSPS) is 18.2. The summed E-state index contributed by atoms with van der Waals surface area (Å²) >= 11 is 0. The van der Waals surface area contributed by atoms with Crippen molar-refractivity contribution in [2.45, 2.75) is 58.6 Å². The van der Waals surface area contributed by atoms with E-state index in [9.17, 15) is 5.11 Å². The van der Waals surface area contributed by atoms with Crippen molar-refractivity contribution in [3.63, 3.8) is 0 Å². The Balaban J connectivity index is 1.59. The molecule has 5 rings (SSSR count). The van der Waals surface area contributed by atoms with E-state index < -0.39 is 0 Å². The highest BCUT2D eigenvalue weighted by molar-refractivity contribution is 5.96. The molecule has 4 aromatic heterocycles. The average molecular weight is 445 g/mol. The molecule has 1 aliphatic rings. The summed E-state index contributed by atoms with van der Waals surface area (Å²) in [5.74, 6) is 1.09. The van der Waals surface area contributed by atoms with Crippen LogP contribution in [0.15, 0.2) is 30.7 Å². The minimum Gasteiger partial charge on any atom is -0.393 e. The SMILES string of the molecule is CCc1nc2c(N)ncc(-c3cnn(-c4cc(C)nc(C)c4)c3)c2nc1N[C@@H]1CC[C@H](O)C1. The van der Waals surface area contributed by atoms with Gasteiger partial charge in [-0.25, -0.2) is 19.6 Å². The highest BCUT2D eigenvalue weighted by Gasteiger charge is 2.24. The predicted molar refractivity (Wildman–Crippen MR) is 128 cm³/mol. The van der Waals surface area contributed by atoms with Crippen LogP contribution in [0, 0.1) is 13.8 Å². The van der Waals surface area contributed by atoms with Crippen molar-refractivity contribution in [1.29, 1.82) is 0 Å². The zero-order valence-electron chi connectivity index (χ0n) is 19.1. The fourth-order valence-electron chi connectivity index (χ4n) is 4.50. The third-order valence-electron chi connectivity index (χ3n) is 6.10. The molecule has 4 N–H and O–H groups in total. The van der Waals surface area contributed by atoms with Crippen LogP contribution in [0.3, 0.4) is 0 Å². The minimum atomic E-state index is -0.261. The van der Waals surface area contributed by atoms with Crippen molar-refractivity contribution < 1.29 is 5.11 Å². The quantitative estimate of drug-likeness (QED) is 0.427. The van der Waals surface area contributed by atoms with E-state index >= 15 is 0 Å². The monoisotopic (exact) mass is 444 g/mol. The Morgan fingerprint density at radius 2 is 1.88 bits per heavy atom. The number of nitrogens with zero attached hydrogens (tertiary/aromatic N) is 6. The number of nitrogens with two attached hydrogens (primary N) is 1. The number of anilines is 2. The number of fused-ring (bicyclic) bond motifs is 1. The van der Waals surface area contributed by atoms with Crippen LogP contribution in [0.1, 0.15) is 43.3 Å². The molecule has 4 heterocycles. The average Bonchev–Trinajstić information content (AvgIpc) is 3.42. The molecule has 0 aliphatic heterocycles. The Kier molecular flexibility index (Phi) is 5.41. The summed E-state index contributed by atoms with van der Waals surface area (Å²) in [7, 11) is 0. The van der Waals surface area contributed by atoms with Crippen molar-refractivity contribution in [2.75, 3.05) is 11.1 Å². The fraction of sp³-hybridized carbons (Fsp3) is 0.375. The smallest absolute Gasteiger partial charge is 0.151 e. The van der Waals surface area contributed by atoms with Crippen LogP contribution in [-0.2, 0) is 6.42 Å².